The highest BCUT2D eigenvalue weighted by atomic mass is 32.2. The number of rotatable bonds is 10. The smallest absolute Gasteiger partial charge is 0.261 e. The quantitative estimate of drug-likeness (QED) is 0.476. The summed E-state index contributed by atoms with van der Waals surface area (Å²) in [7, 11) is -1.90. The van der Waals surface area contributed by atoms with E-state index in [1.54, 1.807) is 31.2 Å². The van der Waals surface area contributed by atoms with Crippen LogP contribution < -0.4 is 19.1 Å². The highest BCUT2D eigenvalue weighted by Crippen LogP contribution is 2.22. The van der Waals surface area contributed by atoms with Gasteiger partial charge in [-0.05, 0) is 62.4 Å². The van der Waals surface area contributed by atoms with Gasteiger partial charge in [-0.2, -0.15) is 4.98 Å². The minimum Gasteiger partial charge on any atom is -0.494 e. The Morgan fingerprint density at radius 1 is 1.12 bits per heavy atom. The molecule has 0 aliphatic rings. The molecule has 1 amide bonds. The Balaban J connectivity index is 1.52. The lowest BCUT2D eigenvalue weighted by Gasteiger charge is -2.18. The number of anilines is 1. The molecule has 0 radical (unpaired) electrons. The molecular weight excluding hydrogens is 448 g/mol. The lowest BCUT2D eigenvalue weighted by Crippen LogP contribution is -2.36. The molecule has 176 valence electrons. The Bertz CT molecular complexity index is 1180. The van der Waals surface area contributed by atoms with Gasteiger partial charge in [-0.15, -0.1) is 0 Å². The maximum atomic E-state index is 12.4. The Kier molecular flexibility index (Phi) is 7.54. The first-order valence-corrected chi connectivity index (χ1v) is 12.1. The second-order valence-electron chi connectivity index (χ2n) is 7.17. The van der Waals surface area contributed by atoms with E-state index < -0.39 is 16.1 Å². The number of hydrogen-bond donors (Lipinski definition) is 1. The monoisotopic (exact) mass is 474 g/mol. The average Bonchev–Trinajstić information content (AvgIpc) is 3.26. The van der Waals surface area contributed by atoms with Crippen molar-refractivity contribution in [1.82, 2.24) is 15.5 Å². The van der Waals surface area contributed by atoms with Crippen molar-refractivity contribution < 1.29 is 27.2 Å². The molecule has 1 heterocycles. The summed E-state index contributed by atoms with van der Waals surface area (Å²) in [6, 6.07) is 13.7. The standard InChI is InChI=1S/C22H26N4O6S/c1-5-30-18-10-6-16(7-11-18)21-24-20(32-25-21)14-23-22(27)15(2)31-19-12-8-17(9-13-19)26(3)33(4,28)29/h6-13,15H,5,14H2,1-4H3,(H,23,27)/t15-/m1/s1. The van der Waals surface area contributed by atoms with Crippen molar-refractivity contribution in [3.05, 3.63) is 54.4 Å². The number of carbonyl (C=O) groups excluding carboxylic acids is 1. The summed E-state index contributed by atoms with van der Waals surface area (Å²) >= 11 is 0. The Morgan fingerprint density at radius 3 is 2.36 bits per heavy atom. The van der Waals surface area contributed by atoms with E-state index >= 15 is 0 Å². The van der Waals surface area contributed by atoms with E-state index in [0.717, 1.165) is 21.9 Å². The number of hydrogen-bond acceptors (Lipinski definition) is 8. The normalized spacial score (nSPS) is 12.1. The van der Waals surface area contributed by atoms with E-state index in [1.807, 2.05) is 31.2 Å². The van der Waals surface area contributed by atoms with Crippen LogP contribution in [0.25, 0.3) is 11.4 Å². The zero-order valence-electron chi connectivity index (χ0n) is 18.8. The second kappa shape index (κ2) is 10.3. The first kappa shape index (κ1) is 24.1. The summed E-state index contributed by atoms with van der Waals surface area (Å²) < 4.78 is 40.6. The van der Waals surface area contributed by atoms with Gasteiger partial charge in [-0.3, -0.25) is 9.10 Å². The van der Waals surface area contributed by atoms with Gasteiger partial charge in [-0.25, -0.2) is 8.42 Å². The fourth-order valence-electron chi connectivity index (χ4n) is 2.80. The third kappa shape index (κ3) is 6.45. The molecule has 0 bridgehead atoms. The predicted octanol–water partition coefficient (Wildman–Crippen LogP) is 2.61. The number of nitrogens with one attached hydrogen (secondary N) is 1. The minimum absolute atomic E-state index is 0.0503. The highest BCUT2D eigenvalue weighted by molar-refractivity contribution is 7.92. The van der Waals surface area contributed by atoms with Gasteiger partial charge in [-0.1, -0.05) is 5.16 Å². The highest BCUT2D eigenvalue weighted by Gasteiger charge is 2.17. The van der Waals surface area contributed by atoms with Crippen LogP contribution in [-0.2, 0) is 21.4 Å². The van der Waals surface area contributed by atoms with Gasteiger partial charge in [0, 0.05) is 12.6 Å². The molecule has 1 aromatic heterocycles. The van der Waals surface area contributed by atoms with Crippen LogP contribution in [0.1, 0.15) is 19.7 Å². The minimum atomic E-state index is -3.36. The van der Waals surface area contributed by atoms with Crippen molar-refractivity contribution in [1.29, 1.82) is 0 Å². The van der Waals surface area contributed by atoms with Crippen LogP contribution in [-0.4, -0.2) is 50.5 Å². The Hall–Kier alpha value is -3.60. The van der Waals surface area contributed by atoms with Crippen LogP contribution >= 0.6 is 0 Å². The number of nitrogens with zero attached hydrogens (tertiary/aromatic N) is 3. The van der Waals surface area contributed by atoms with Crippen LogP contribution in [0.2, 0.25) is 0 Å². The van der Waals surface area contributed by atoms with Gasteiger partial charge in [0.05, 0.1) is 25.1 Å². The predicted molar refractivity (Wildman–Crippen MR) is 123 cm³/mol. The number of aromatic nitrogens is 2. The maximum Gasteiger partial charge on any atom is 0.261 e. The zero-order valence-corrected chi connectivity index (χ0v) is 19.6. The number of sulfonamides is 1. The fraction of sp³-hybridized carbons (Fsp3) is 0.318. The molecule has 1 N–H and O–H groups in total. The van der Waals surface area contributed by atoms with Gasteiger partial charge in [0.2, 0.25) is 21.7 Å². The topological polar surface area (TPSA) is 124 Å². The van der Waals surface area contributed by atoms with Crippen molar-refractivity contribution in [2.75, 3.05) is 24.2 Å². The SMILES string of the molecule is CCOc1ccc(-c2noc(CNC(=O)[C@@H](C)Oc3ccc(N(C)S(C)(=O)=O)cc3)n2)cc1. The van der Waals surface area contributed by atoms with Crippen LogP contribution in [0.5, 0.6) is 11.5 Å². The van der Waals surface area contributed by atoms with Crippen molar-refractivity contribution in [2.24, 2.45) is 0 Å². The first-order valence-electron chi connectivity index (χ1n) is 10.2. The molecule has 0 saturated carbocycles. The van der Waals surface area contributed by atoms with E-state index in [4.69, 9.17) is 14.0 Å². The van der Waals surface area contributed by atoms with E-state index in [-0.39, 0.29) is 18.3 Å². The molecule has 2 aromatic carbocycles. The van der Waals surface area contributed by atoms with Gasteiger partial charge < -0.3 is 19.3 Å². The molecule has 3 rings (SSSR count). The number of carbonyl (C=O) groups is 1. The molecule has 1 atom stereocenters. The van der Waals surface area contributed by atoms with Crippen molar-refractivity contribution >= 4 is 21.6 Å². The van der Waals surface area contributed by atoms with Crippen molar-refractivity contribution in [3.8, 4) is 22.9 Å². The molecule has 11 heteroatoms. The molecule has 0 saturated heterocycles. The zero-order chi connectivity index (χ0) is 24.0. The third-order valence-corrected chi connectivity index (χ3v) is 5.89. The summed E-state index contributed by atoms with van der Waals surface area (Å²) in [5.74, 6) is 1.48. The molecule has 10 nitrogen and oxygen atoms in total. The molecule has 0 aliphatic heterocycles. The number of amides is 1. The van der Waals surface area contributed by atoms with E-state index in [0.29, 0.717) is 23.9 Å². The van der Waals surface area contributed by atoms with E-state index in [2.05, 4.69) is 15.5 Å². The largest absolute Gasteiger partial charge is 0.494 e. The second-order valence-corrected chi connectivity index (χ2v) is 9.19. The van der Waals surface area contributed by atoms with Crippen LogP contribution in [0.3, 0.4) is 0 Å². The van der Waals surface area contributed by atoms with Crippen LogP contribution in [0.4, 0.5) is 5.69 Å². The lowest BCUT2D eigenvalue weighted by atomic mass is 10.2. The Morgan fingerprint density at radius 2 is 1.76 bits per heavy atom. The summed E-state index contributed by atoms with van der Waals surface area (Å²) in [4.78, 5) is 16.7. The van der Waals surface area contributed by atoms with Crippen LogP contribution in [0.15, 0.2) is 53.1 Å². The number of benzene rings is 2. The molecule has 0 fully saturated rings. The van der Waals surface area contributed by atoms with Gasteiger partial charge in [0.25, 0.3) is 5.91 Å². The lowest BCUT2D eigenvalue weighted by molar-refractivity contribution is -0.127. The molecule has 3 aromatic rings. The van der Waals surface area contributed by atoms with E-state index in [1.165, 1.54) is 7.05 Å². The summed E-state index contributed by atoms with van der Waals surface area (Å²) in [5.41, 5.74) is 1.25. The van der Waals surface area contributed by atoms with E-state index in [9.17, 15) is 13.2 Å². The van der Waals surface area contributed by atoms with Crippen molar-refractivity contribution in [2.45, 2.75) is 26.5 Å². The number of ether oxygens (including phenoxy) is 2. The molecule has 0 aliphatic carbocycles. The molecular formula is C22H26N4O6S. The van der Waals surface area contributed by atoms with Gasteiger partial charge in [0.15, 0.2) is 6.10 Å². The molecule has 0 spiro atoms. The first-order chi connectivity index (χ1) is 15.7. The summed E-state index contributed by atoms with van der Waals surface area (Å²) in [6.45, 7) is 4.15. The summed E-state index contributed by atoms with van der Waals surface area (Å²) in [6.07, 6.45) is 0.325. The summed E-state index contributed by atoms with van der Waals surface area (Å²) in [5, 5.41) is 6.63. The van der Waals surface area contributed by atoms with Gasteiger partial charge in [0.1, 0.15) is 11.5 Å². The fourth-order valence-corrected chi connectivity index (χ4v) is 3.31. The van der Waals surface area contributed by atoms with Crippen molar-refractivity contribution in [3.63, 3.8) is 0 Å². The maximum absolute atomic E-state index is 12.4. The van der Waals surface area contributed by atoms with Gasteiger partial charge >= 0.3 is 0 Å². The third-order valence-electron chi connectivity index (χ3n) is 4.69. The average molecular weight is 475 g/mol. The van der Waals surface area contributed by atoms with Crippen LogP contribution in [0, 0.1) is 0 Å². The molecule has 0 unspecified atom stereocenters. The Labute approximate surface area is 192 Å². The molecule has 33 heavy (non-hydrogen) atoms.